The molecule has 1 saturated heterocycles. The van der Waals surface area contributed by atoms with Crippen LogP contribution in [0.2, 0.25) is 0 Å². The van der Waals surface area contributed by atoms with Gasteiger partial charge in [-0.3, -0.25) is 0 Å². The van der Waals surface area contributed by atoms with E-state index in [-0.39, 0.29) is 6.29 Å². The lowest BCUT2D eigenvalue weighted by molar-refractivity contribution is -0.134. The third-order valence-electron chi connectivity index (χ3n) is 2.44. The zero-order chi connectivity index (χ0) is 10.9. The van der Waals surface area contributed by atoms with Crippen LogP contribution in [0.3, 0.4) is 0 Å². The van der Waals surface area contributed by atoms with Crippen molar-refractivity contribution in [1.29, 1.82) is 0 Å². The van der Waals surface area contributed by atoms with Gasteiger partial charge in [0.1, 0.15) is 0 Å². The van der Waals surface area contributed by atoms with Crippen molar-refractivity contribution in [2.75, 3.05) is 33.0 Å². The normalized spacial score (nSPS) is 22.2. The molecule has 0 radical (unpaired) electrons. The molecular formula is C11H23NO3. The summed E-state index contributed by atoms with van der Waals surface area (Å²) in [5.41, 5.74) is 0. The second-order valence-electron chi connectivity index (χ2n) is 3.66. The minimum Gasteiger partial charge on any atom is -0.380 e. The SMILES string of the molecule is CCOC(CNC1CCCOC1)OCC. The summed E-state index contributed by atoms with van der Waals surface area (Å²) in [7, 11) is 0. The molecule has 1 aliphatic rings. The highest BCUT2D eigenvalue weighted by atomic mass is 16.7. The van der Waals surface area contributed by atoms with Crippen LogP contribution in [0.1, 0.15) is 26.7 Å². The fourth-order valence-corrected chi connectivity index (χ4v) is 1.70. The van der Waals surface area contributed by atoms with Gasteiger partial charge in [0.05, 0.1) is 6.61 Å². The van der Waals surface area contributed by atoms with Gasteiger partial charge in [0.25, 0.3) is 0 Å². The van der Waals surface area contributed by atoms with Crippen molar-refractivity contribution < 1.29 is 14.2 Å². The highest BCUT2D eigenvalue weighted by molar-refractivity contribution is 4.70. The summed E-state index contributed by atoms with van der Waals surface area (Å²) in [5.74, 6) is 0. The van der Waals surface area contributed by atoms with Crippen LogP contribution in [0, 0.1) is 0 Å². The molecule has 0 spiro atoms. The predicted octanol–water partition coefficient (Wildman–Crippen LogP) is 1.15. The van der Waals surface area contributed by atoms with Gasteiger partial charge in [-0.1, -0.05) is 0 Å². The van der Waals surface area contributed by atoms with Gasteiger partial charge < -0.3 is 19.5 Å². The Morgan fingerprint density at radius 1 is 1.33 bits per heavy atom. The summed E-state index contributed by atoms with van der Waals surface area (Å²) in [6.45, 7) is 7.80. The first-order valence-electron chi connectivity index (χ1n) is 5.91. The fraction of sp³-hybridized carbons (Fsp3) is 1.00. The third kappa shape index (κ3) is 5.47. The molecule has 1 unspecified atom stereocenters. The molecule has 0 aromatic heterocycles. The Kier molecular flexibility index (Phi) is 6.92. The van der Waals surface area contributed by atoms with E-state index in [1.54, 1.807) is 0 Å². The van der Waals surface area contributed by atoms with Crippen LogP contribution in [-0.4, -0.2) is 45.3 Å². The van der Waals surface area contributed by atoms with Gasteiger partial charge in [0, 0.05) is 32.4 Å². The summed E-state index contributed by atoms with van der Waals surface area (Å²) in [6.07, 6.45) is 2.21. The second kappa shape index (κ2) is 8.05. The maximum atomic E-state index is 5.45. The fourth-order valence-electron chi connectivity index (χ4n) is 1.70. The van der Waals surface area contributed by atoms with Crippen molar-refractivity contribution in [1.82, 2.24) is 5.32 Å². The summed E-state index contributed by atoms with van der Waals surface area (Å²) in [5, 5.41) is 3.42. The maximum Gasteiger partial charge on any atom is 0.169 e. The van der Waals surface area contributed by atoms with E-state index >= 15 is 0 Å². The van der Waals surface area contributed by atoms with Gasteiger partial charge in [0.2, 0.25) is 0 Å². The Hall–Kier alpha value is -0.160. The smallest absolute Gasteiger partial charge is 0.169 e. The summed E-state index contributed by atoms with van der Waals surface area (Å²) >= 11 is 0. The zero-order valence-corrected chi connectivity index (χ0v) is 9.83. The monoisotopic (exact) mass is 217 g/mol. The van der Waals surface area contributed by atoms with Crippen molar-refractivity contribution in [3.05, 3.63) is 0 Å². The molecule has 0 bridgehead atoms. The molecular weight excluding hydrogens is 194 g/mol. The molecule has 4 nitrogen and oxygen atoms in total. The average molecular weight is 217 g/mol. The van der Waals surface area contributed by atoms with Crippen LogP contribution in [0.25, 0.3) is 0 Å². The van der Waals surface area contributed by atoms with E-state index in [2.05, 4.69) is 5.32 Å². The van der Waals surface area contributed by atoms with E-state index in [0.717, 1.165) is 26.2 Å². The molecule has 1 rings (SSSR count). The largest absolute Gasteiger partial charge is 0.380 e. The van der Waals surface area contributed by atoms with E-state index in [0.29, 0.717) is 19.3 Å². The van der Waals surface area contributed by atoms with E-state index < -0.39 is 0 Å². The van der Waals surface area contributed by atoms with Crippen molar-refractivity contribution in [2.24, 2.45) is 0 Å². The number of hydrogen-bond donors (Lipinski definition) is 1. The van der Waals surface area contributed by atoms with Crippen LogP contribution >= 0.6 is 0 Å². The quantitative estimate of drug-likeness (QED) is 0.649. The highest BCUT2D eigenvalue weighted by Gasteiger charge is 2.15. The Morgan fingerprint density at radius 3 is 2.60 bits per heavy atom. The first-order valence-corrected chi connectivity index (χ1v) is 5.91. The molecule has 1 atom stereocenters. The van der Waals surface area contributed by atoms with Crippen molar-refractivity contribution in [3.63, 3.8) is 0 Å². The zero-order valence-electron chi connectivity index (χ0n) is 9.83. The third-order valence-corrected chi connectivity index (χ3v) is 2.44. The number of ether oxygens (including phenoxy) is 3. The van der Waals surface area contributed by atoms with E-state index in [1.807, 2.05) is 13.8 Å². The molecule has 1 fully saturated rings. The Labute approximate surface area is 92.3 Å². The van der Waals surface area contributed by atoms with Gasteiger partial charge >= 0.3 is 0 Å². The van der Waals surface area contributed by atoms with Crippen molar-refractivity contribution in [2.45, 2.75) is 39.0 Å². The van der Waals surface area contributed by atoms with Crippen LogP contribution in [0.5, 0.6) is 0 Å². The van der Waals surface area contributed by atoms with Gasteiger partial charge in [-0.15, -0.1) is 0 Å². The first kappa shape index (κ1) is 12.9. The Bertz CT molecular complexity index is 143. The van der Waals surface area contributed by atoms with Crippen LogP contribution < -0.4 is 5.32 Å². The molecule has 4 heteroatoms. The molecule has 0 aromatic rings. The van der Waals surface area contributed by atoms with E-state index in [9.17, 15) is 0 Å². The number of hydrogen-bond acceptors (Lipinski definition) is 4. The molecule has 1 N–H and O–H groups in total. The van der Waals surface area contributed by atoms with Gasteiger partial charge in [-0.2, -0.15) is 0 Å². The first-order chi connectivity index (χ1) is 7.36. The summed E-state index contributed by atoms with van der Waals surface area (Å²) < 4.78 is 16.3. The summed E-state index contributed by atoms with van der Waals surface area (Å²) in [4.78, 5) is 0. The van der Waals surface area contributed by atoms with Crippen molar-refractivity contribution >= 4 is 0 Å². The molecule has 0 aromatic carbocycles. The maximum absolute atomic E-state index is 5.45. The predicted molar refractivity (Wildman–Crippen MR) is 58.9 cm³/mol. The Morgan fingerprint density at radius 2 is 2.07 bits per heavy atom. The van der Waals surface area contributed by atoms with Crippen LogP contribution in [0.15, 0.2) is 0 Å². The molecule has 0 amide bonds. The molecule has 15 heavy (non-hydrogen) atoms. The van der Waals surface area contributed by atoms with E-state index in [4.69, 9.17) is 14.2 Å². The lowest BCUT2D eigenvalue weighted by Gasteiger charge is -2.25. The average Bonchev–Trinajstić information content (AvgIpc) is 2.28. The standard InChI is InChI=1S/C11H23NO3/c1-3-14-11(15-4-2)8-12-10-6-5-7-13-9-10/h10-12H,3-9H2,1-2H3. The second-order valence-corrected chi connectivity index (χ2v) is 3.66. The lowest BCUT2D eigenvalue weighted by atomic mass is 10.1. The minimum absolute atomic E-state index is 0.123. The molecule has 0 saturated carbocycles. The molecule has 1 aliphatic heterocycles. The Balaban J connectivity index is 2.13. The minimum atomic E-state index is -0.123. The highest BCUT2D eigenvalue weighted by Crippen LogP contribution is 2.06. The van der Waals surface area contributed by atoms with Crippen molar-refractivity contribution in [3.8, 4) is 0 Å². The van der Waals surface area contributed by atoms with Crippen LogP contribution in [-0.2, 0) is 14.2 Å². The summed E-state index contributed by atoms with van der Waals surface area (Å²) in [6, 6.07) is 0.460. The van der Waals surface area contributed by atoms with Crippen LogP contribution in [0.4, 0.5) is 0 Å². The number of nitrogens with one attached hydrogen (secondary N) is 1. The van der Waals surface area contributed by atoms with E-state index in [1.165, 1.54) is 6.42 Å². The molecule has 1 heterocycles. The number of rotatable bonds is 7. The van der Waals surface area contributed by atoms with Gasteiger partial charge in [-0.25, -0.2) is 0 Å². The van der Waals surface area contributed by atoms with Gasteiger partial charge in [-0.05, 0) is 26.7 Å². The topological polar surface area (TPSA) is 39.7 Å². The van der Waals surface area contributed by atoms with Gasteiger partial charge in [0.15, 0.2) is 6.29 Å². The molecule has 90 valence electrons. The lowest BCUT2D eigenvalue weighted by Crippen LogP contribution is -2.42. The molecule has 0 aliphatic carbocycles.